The standard InChI is InChI=1S/C20H22N6O2S/c1-3-5-11-25-19(27)15-17(23-20(25)28)26(12-6-4-2)24-16(22-15)18-21-13-9-7-8-10-14(13)29-18/h7-10H,3-6,11-12H2,1-2H3. The van der Waals surface area contributed by atoms with E-state index in [1.807, 2.05) is 31.2 Å². The van der Waals surface area contributed by atoms with Crippen molar-refractivity contribution in [2.45, 2.75) is 52.6 Å². The summed E-state index contributed by atoms with van der Waals surface area (Å²) >= 11 is 1.48. The number of nitrogens with zero attached hydrogens (tertiary/aromatic N) is 6. The molecule has 2 aliphatic heterocycles. The first-order valence-corrected chi connectivity index (χ1v) is 10.7. The van der Waals surface area contributed by atoms with E-state index in [9.17, 15) is 9.59 Å². The van der Waals surface area contributed by atoms with E-state index in [4.69, 9.17) is 0 Å². The molecule has 29 heavy (non-hydrogen) atoms. The maximum atomic E-state index is 13.0. The summed E-state index contributed by atoms with van der Waals surface area (Å²) in [5.74, 6) is 0.625. The third kappa shape index (κ3) is 3.69. The van der Waals surface area contributed by atoms with Crippen LogP contribution in [0.15, 0.2) is 33.9 Å². The molecule has 9 heteroatoms. The molecule has 2 aliphatic rings. The van der Waals surface area contributed by atoms with Crippen molar-refractivity contribution in [3.05, 3.63) is 45.1 Å². The fourth-order valence-electron chi connectivity index (χ4n) is 3.12. The van der Waals surface area contributed by atoms with Crippen LogP contribution in [0.25, 0.3) is 32.6 Å². The summed E-state index contributed by atoms with van der Waals surface area (Å²) < 4.78 is 3.82. The number of aromatic nitrogens is 6. The van der Waals surface area contributed by atoms with Gasteiger partial charge in [-0.15, -0.1) is 16.4 Å². The monoisotopic (exact) mass is 410 g/mol. The van der Waals surface area contributed by atoms with Crippen molar-refractivity contribution < 1.29 is 0 Å². The number of rotatable bonds is 7. The predicted octanol–water partition coefficient (Wildman–Crippen LogP) is 3.18. The number of unbranched alkanes of at least 4 members (excludes halogenated alkanes) is 2. The first kappa shape index (κ1) is 19.4. The van der Waals surface area contributed by atoms with E-state index in [1.54, 1.807) is 4.68 Å². The maximum Gasteiger partial charge on any atom is 0.352 e. The van der Waals surface area contributed by atoms with Gasteiger partial charge in [0.15, 0.2) is 16.5 Å². The number of para-hydroxylation sites is 1. The Labute approximate surface area is 171 Å². The average molecular weight is 411 g/mol. The van der Waals surface area contributed by atoms with E-state index in [1.165, 1.54) is 15.9 Å². The van der Waals surface area contributed by atoms with Gasteiger partial charge >= 0.3 is 5.69 Å². The first-order chi connectivity index (χ1) is 14.1. The van der Waals surface area contributed by atoms with Crippen molar-refractivity contribution in [2.24, 2.45) is 0 Å². The summed E-state index contributed by atoms with van der Waals surface area (Å²) in [5.41, 5.74) is 0.0757. The van der Waals surface area contributed by atoms with Crippen LogP contribution in [0.4, 0.5) is 0 Å². The topological polar surface area (TPSA) is 95.6 Å². The molecule has 0 aliphatic carbocycles. The van der Waals surface area contributed by atoms with E-state index >= 15 is 0 Å². The molecule has 150 valence electrons. The largest absolute Gasteiger partial charge is 0.352 e. The molecule has 0 atom stereocenters. The van der Waals surface area contributed by atoms with Crippen LogP contribution in [0.3, 0.4) is 0 Å². The van der Waals surface area contributed by atoms with E-state index in [0.29, 0.717) is 23.9 Å². The van der Waals surface area contributed by atoms with Crippen molar-refractivity contribution in [1.82, 2.24) is 29.3 Å². The number of hydrogen-bond donors (Lipinski definition) is 0. The smallest absolute Gasteiger partial charge is 0.267 e. The maximum absolute atomic E-state index is 13.0. The Morgan fingerprint density at radius 2 is 1.72 bits per heavy atom. The zero-order valence-corrected chi connectivity index (χ0v) is 17.3. The van der Waals surface area contributed by atoms with E-state index in [0.717, 1.165) is 35.9 Å². The minimum Gasteiger partial charge on any atom is -0.267 e. The highest BCUT2D eigenvalue weighted by atomic mass is 32.1. The van der Waals surface area contributed by atoms with Crippen molar-refractivity contribution in [1.29, 1.82) is 0 Å². The molecule has 0 unspecified atom stereocenters. The summed E-state index contributed by atoms with van der Waals surface area (Å²) in [4.78, 5) is 38.7. The number of benzene rings is 1. The fraction of sp³-hybridized carbons (Fsp3) is 0.400. The third-order valence-corrected chi connectivity index (χ3v) is 5.75. The number of thiazole rings is 1. The predicted molar refractivity (Wildman–Crippen MR) is 113 cm³/mol. The van der Waals surface area contributed by atoms with Gasteiger partial charge in [0.1, 0.15) is 0 Å². The van der Waals surface area contributed by atoms with Gasteiger partial charge < -0.3 is 0 Å². The molecule has 0 radical (unpaired) electrons. The summed E-state index contributed by atoms with van der Waals surface area (Å²) in [5, 5.41) is 5.22. The molecule has 0 saturated heterocycles. The quantitative estimate of drug-likeness (QED) is 0.464. The molecule has 4 rings (SSSR count). The van der Waals surface area contributed by atoms with Crippen molar-refractivity contribution in [2.75, 3.05) is 0 Å². The fourth-order valence-corrected chi connectivity index (χ4v) is 4.01. The molecule has 1 aromatic heterocycles. The molecule has 0 saturated carbocycles. The molecule has 0 spiro atoms. The van der Waals surface area contributed by atoms with Crippen LogP contribution in [0.2, 0.25) is 0 Å². The Balaban J connectivity index is 1.94. The van der Waals surface area contributed by atoms with Crippen LogP contribution in [-0.2, 0) is 13.1 Å². The van der Waals surface area contributed by atoms with Gasteiger partial charge in [-0.1, -0.05) is 38.8 Å². The normalized spacial score (nSPS) is 11.5. The van der Waals surface area contributed by atoms with Gasteiger partial charge in [-0.25, -0.2) is 19.4 Å². The lowest BCUT2D eigenvalue weighted by Gasteiger charge is -2.14. The lowest BCUT2D eigenvalue weighted by molar-refractivity contribution is 0.534. The summed E-state index contributed by atoms with van der Waals surface area (Å²) in [6.07, 6.45) is 3.41. The molecule has 1 aromatic carbocycles. The molecular weight excluding hydrogens is 388 g/mol. The molecule has 0 fully saturated rings. The Kier molecular flexibility index (Phi) is 5.48. The lowest BCUT2D eigenvalue weighted by Crippen LogP contribution is -2.39. The van der Waals surface area contributed by atoms with Crippen molar-refractivity contribution in [3.63, 3.8) is 0 Å². The van der Waals surface area contributed by atoms with Gasteiger partial charge in [0.25, 0.3) is 5.56 Å². The van der Waals surface area contributed by atoms with Crippen LogP contribution in [-0.4, -0.2) is 29.3 Å². The highest BCUT2D eigenvalue weighted by molar-refractivity contribution is 7.21. The Bertz CT molecular complexity index is 1210. The second kappa shape index (κ2) is 8.20. The van der Waals surface area contributed by atoms with Gasteiger partial charge in [-0.3, -0.25) is 9.36 Å². The zero-order chi connectivity index (χ0) is 20.4. The van der Waals surface area contributed by atoms with E-state index < -0.39 is 11.2 Å². The van der Waals surface area contributed by atoms with Crippen molar-refractivity contribution in [3.8, 4) is 22.4 Å². The zero-order valence-electron chi connectivity index (χ0n) is 16.5. The minimum absolute atomic E-state index is 0.168. The van der Waals surface area contributed by atoms with E-state index in [2.05, 4.69) is 27.0 Å². The summed E-state index contributed by atoms with van der Waals surface area (Å²) in [7, 11) is 0. The molecule has 0 N–H and O–H groups in total. The second-order valence-corrected chi connectivity index (χ2v) is 7.91. The number of fused-ring (bicyclic) bond motifs is 2. The third-order valence-electron chi connectivity index (χ3n) is 4.71. The van der Waals surface area contributed by atoms with E-state index in [-0.39, 0.29) is 11.5 Å². The molecule has 2 aromatic rings. The number of aryl methyl sites for hydroxylation is 1. The van der Waals surface area contributed by atoms with Crippen LogP contribution < -0.4 is 11.2 Å². The van der Waals surface area contributed by atoms with Crippen LogP contribution in [0, 0.1) is 0 Å². The molecule has 8 nitrogen and oxygen atoms in total. The summed E-state index contributed by atoms with van der Waals surface area (Å²) in [6.45, 7) is 4.98. The Morgan fingerprint density at radius 3 is 2.48 bits per heavy atom. The minimum atomic E-state index is -0.544. The van der Waals surface area contributed by atoms with Gasteiger partial charge in [-0.2, -0.15) is 4.98 Å². The number of hydrogen-bond acceptors (Lipinski definition) is 7. The first-order valence-electron chi connectivity index (χ1n) is 9.88. The molecular formula is C20H22N6O2S. The molecule has 3 heterocycles. The van der Waals surface area contributed by atoms with Crippen LogP contribution >= 0.6 is 11.3 Å². The van der Waals surface area contributed by atoms with Crippen LogP contribution in [0.1, 0.15) is 39.5 Å². The Morgan fingerprint density at radius 1 is 0.966 bits per heavy atom. The van der Waals surface area contributed by atoms with Gasteiger partial charge in [0.2, 0.25) is 5.82 Å². The van der Waals surface area contributed by atoms with Crippen molar-refractivity contribution >= 4 is 21.6 Å². The highest BCUT2D eigenvalue weighted by Gasteiger charge is 2.23. The highest BCUT2D eigenvalue weighted by Crippen LogP contribution is 2.28. The molecule has 0 bridgehead atoms. The van der Waals surface area contributed by atoms with Gasteiger partial charge in [0.05, 0.1) is 10.2 Å². The summed E-state index contributed by atoms with van der Waals surface area (Å²) in [6, 6.07) is 7.82. The Hall–Kier alpha value is -2.94. The van der Waals surface area contributed by atoms with Crippen LogP contribution in [0.5, 0.6) is 0 Å². The average Bonchev–Trinajstić information content (AvgIpc) is 3.16. The van der Waals surface area contributed by atoms with Gasteiger partial charge in [-0.05, 0) is 25.0 Å². The SMILES string of the molecule is CCCCn1nc(-c2nc3ccccc3s2)nc2c(=O)n(CCCC)c(=O)nc1-2. The molecule has 0 amide bonds. The van der Waals surface area contributed by atoms with Gasteiger partial charge in [0, 0.05) is 13.1 Å². The lowest BCUT2D eigenvalue weighted by atomic mass is 10.3. The second-order valence-electron chi connectivity index (χ2n) is 6.88.